The van der Waals surface area contributed by atoms with Gasteiger partial charge in [0, 0.05) is 25.7 Å². The van der Waals surface area contributed by atoms with Gasteiger partial charge in [0.05, 0.1) is 5.41 Å². The highest BCUT2D eigenvalue weighted by Gasteiger charge is 2.32. The van der Waals surface area contributed by atoms with Gasteiger partial charge in [-0.2, -0.15) is 0 Å². The second kappa shape index (κ2) is 6.92. The van der Waals surface area contributed by atoms with Crippen molar-refractivity contribution in [3.8, 4) is 0 Å². The van der Waals surface area contributed by atoms with E-state index < -0.39 is 11.4 Å². The molecule has 1 aliphatic rings. The maximum atomic E-state index is 12.1. The minimum atomic E-state index is -0.937. The third-order valence-corrected chi connectivity index (χ3v) is 4.04. The number of aliphatic carboxylic acids is 1. The molecule has 0 spiro atoms. The van der Waals surface area contributed by atoms with Gasteiger partial charge in [0.15, 0.2) is 0 Å². The van der Waals surface area contributed by atoms with Crippen LogP contribution in [0.3, 0.4) is 0 Å². The largest absolute Gasteiger partial charge is 0.481 e. The summed E-state index contributed by atoms with van der Waals surface area (Å²) in [6.07, 6.45) is 0.984. The molecule has 0 aromatic carbocycles. The van der Waals surface area contributed by atoms with Crippen LogP contribution in [0.5, 0.6) is 0 Å². The molecule has 1 saturated heterocycles. The fourth-order valence-corrected chi connectivity index (χ4v) is 2.45. The van der Waals surface area contributed by atoms with Gasteiger partial charge >= 0.3 is 12.0 Å². The third-order valence-electron chi connectivity index (χ3n) is 4.04. The summed E-state index contributed by atoms with van der Waals surface area (Å²) in [5.74, 6) is -0.903. The zero-order chi connectivity index (χ0) is 15.3. The standard InChI is InChI=1S/C14H27N3O3/c1-5-16(6-2)11-7-8-17(9-11)13(20)15-10-14(3,4)12(18)19/h11H,5-10H2,1-4H3,(H,15,20)(H,18,19). The van der Waals surface area contributed by atoms with Crippen molar-refractivity contribution in [2.45, 2.75) is 40.2 Å². The Bertz CT molecular complexity index is 354. The Morgan fingerprint density at radius 3 is 2.45 bits per heavy atom. The molecule has 1 atom stereocenters. The van der Waals surface area contributed by atoms with Crippen LogP contribution in [0.2, 0.25) is 0 Å². The SMILES string of the molecule is CCN(CC)C1CCN(C(=O)NCC(C)(C)C(=O)O)C1. The van der Waals surface area contributed by atoms with Crippen LogP contribution in [0.15, 0.2) is 0 Å². The number of carbonyl (C=O) groups excluding carboxylic acids is 1. The van der Waals surface area contributed by atoms with E-state index in [-0.39, 0.29) is 12.6 Å². The molecule has 0 radical (unpaired) electrons. The molecule has 20 heavy (non-hydrogen) atoms. The molecule has 0 saturated carbocycles. The average Bonchev–Trinajstić information content (AvgIpc) is 2.87. The van der Waals surface area contributed by atoms with E-state index in [4.69, 9.17) is 5.11 Å². The predicted molar refractivity (Wildman–Crippen MR) is 77.7 cm³/mol. The van der Waals surface area contributed by atoms with E-state index in [9.17, 15) is 9.59 Å². The third kappa shape index (κ3) is 4.10. The number of hydrogen-bond acceptors (Lipinski definition) is 3. The highest BCUT2D eigenvalue weighted by atomic mass is 16.4. The smallest absolute Gasteiger partial charge is 0.317 e. The number of rotatable bonds is 6. The number of carbonyl (C=O) groups is 2. The van der Waals surface area contributed by atoms with Crippen molar-refractivity contribution < 1.29 is 14.7 Å². The molecular weight excluding hydrogens is 258 g/mol. The number of hydrogen-bond donors (Lipinski definition) is 2. The van der Waals surface area contributed by atoms with Gasteiger partial charge < -0.3 is 15.3 Å². The zero-order valence-electron chi connectivity index (χ0n) is 13.0. The Balaban J connectivity index is 2.45. The van der Waals surface area contributed by atoms with Crippen LogP contribution in [0, 0.1) is 5.41 Å². The molecule has 1 heterocycles. The van der Waals surface area contributed by atoms with Gasteiger partial charge in [0.2, 0.25) is 0 Å². The average molecular weight is 285 g/mol. The molecule has 0 bridgehead atoms. The Morgan fingerprint density at radius 2 is 1.95 bits per heavy atom. The van der Waals surface area contributed by atoms with E-state index in [1.165, 1.54) is 0 Å². The summed E-state index contributed by atoms with van der Waals surface area (Å²) in [7, 11) is 0. The summed E-state index contributed by atoms with van der Waals surface area (Å²) in [5, 5.41) is 11.8. The van der Waals surface area contributed by atoms with Crippen molar-refractivity contribution in [3.63, 3.8) is 0 Å². The molecule has 2 N–H and O–H groups in total. The molecule has 1 rings (SSSR count). The van der Waals surface area contributed by atoms with Crippen LogP contribution in [-0.2, 0) is 4.79 Å². The van der Waals surface area contributed by atoms with E-state index in [1.807, 2.05) is 0 Å². The number of likely N-dealkylation sites (tertiary alicyclic amines) is 1. The molecule has 0 aromatic heterocycles. The van der Waals surface area contributed by atoms with Crippen LogP contribution in [0.4, 0.5) is 4.79 Å². The first-order valence-corrected chi connectivity index (χ1v) is 7.32. The number of amides is 2. The van der Waals surface area contributed by atoms with E-state index in [1.54, 1.807) is 18.7 Å². The number of carboxylic acids is 1. The Morgan fingerprint density at radius 1 is 1.35 bits per heavy atom. The van der Waals surface area contributed by atoms with E-state index in [0.29, 0.717) is 6.04 Å². The summed E-state index contributed by atoms with van der Waals surface area (Å²) in [6, 6.07) is 0.261. The Labute approximate surface area is 121 Å². The number of likely N-dealkylation sites (N-methyl/N-ethyl adjacent to an activating group) is 1. The number of nitrogens with zero attached hydrogens (tertiary/aromatic N) is 2. The molecular formula is C14H27N3O3. The number of urea groups is 1. The lowest BCUT2D eigenvalue weighted by molar-refractivity contribution is -0.146. The number of carboxylic acid groups (broad SMARTS) is 1. The molecule has 0 aromatic rings. The van der Waals surface area contributed by atoms with E-state index in [2.05, 4.69) is 24.1 Å². The highest BCUT2D eigenvalue weighted by molar-refractivity contribution is 5.77. The lowest BCUT2D eigenvalue weighted by atomic mass is 9.94. The van der Waals surface area contributed by atoms with Crippen LogP contribution in [0.1, 0.15) is 34.1 Å². The molecule has 2 amide bonds. The van der Waals surface area contributed by atoms with Crippen LogP contribution in [0.25, 0.3) is 0 Å². The molecule has 0 aliphatic carbocycles. The lowest BCUT2D eigenvalue weighted by Gasteiger charge is -2.26. The number of nitrogens with one attached hydrogen (secondary N) is 1. The lowest BCUT2D eigenvalue weighted by Crippen LogP contribution is -2.46. The quantitative estimate of drug-likeness (QED) is 0.769. The van der Waals surface area contributed by atoms with Crippen LogP contribution >= 0.6 is 0 Å². The van der Waals surface area contributed by atoms with Crippen LogP contribution < -0.4 is 5.32 Å². The van der Waals surface area contributed by atoms with Crippen molar-refractivity contribution in [2.24, 2.45) is 5.41 Å². The van der Waals surface area contributed by atoms with Crippen molar-refractivity contribution in [1.29, 1.82) is 0 Å². The molecule has 1 unspecified atom stereocenters. The topological polar surface area (TPSA) is 72.9 Å². The Kier molecular flexibility index (Phi) is 5.80. The summed E-state index contributed by atoms with van der Waals surface area (Å²) in [6.45, 7) is 11.1. The maximum Gasteiger partial charge on any atom is 0.317 e. The highest BCUT2D eigenvalue weighted by Crippen LogP contribution is 2.17. The van der Waals surface area contributed by atoms with Gasteiger partial charge in [-0.3, -0.25) is 9.69 Å². The van der Waals surface area contributed by atoms with Gasteiger partial charge in [-0.15, -0.1) is 0 Å². The van der Waals surface area contributed by atoms with Crippen molar-refractivity contribution in [1.82, 2.24) is 15.1 Å². The monoisotopic (exact) mass is 285 g/mol. The summed E-state index contributed by atoms with van der Waals surface area (Å²) in [5.41, 5.74) is -0.937. The first-order chi connectivity index (χ1) is 9.31. The zero-order valence-corrected chi connectivity index (χ0v) is 13.0. The molecule has 6 nitrogen and oxygen atoms in total. The van der Waals surface area contributed by atoms with E-state index >= 15 is 0 Å². The second-order valence-corrected chi connectivity index (χ2v) is 5.96. The van der Waals surface area contributed by atoms with Crippen molar-refractivity contribution >= 4 is 12.0 Å². The predicted octanol–water partition coefficient (Wildman–Crippen LogP) is 1.22. The summed E-state index contributed by atoms with van der Waals surface area (Å²) in [4.78, 5) is 27.2. The second-order valence-electron chi connectivity index (χ2n) is 5.96. The first-order valence-electron chi connectivity index (χ1n) is 7.32. The van der Waals surface area contributed by atoms with Gasteiger partial charge in [0.25, 0.3) is 0 Å². The minimum absolute atomic E-state index is 0.146. The minimum Gasteiger partial charge on any atom is -0.481 e. The molecule has 1 aliphatic heterocycles. The summed E-state index contributed by atoms with van der Waals surface area (Å²) < 4.78 is 0. The van der Waals surface area contributed by atoms with Gasteiger partial charge in [0.1, 0.15) is 0 Å². The normalized spacial score (nSPS) is 19.4. The molecule has 116 valence electrons. The van der Waals surface area contributed by atoms with E-state index in [0.717, 1.165) is 32.6 Å². The Hall–Kier alpha value is -1.30. The molecule has 1 fully saturated rings. The summed E-state index contributed by atoms with van der Waals surface area (Å²) >= 11 is 0. The van der Waals surface area contributed by atoms with Gasteiger partial charge in [-0.05, 0) is 33.4 Å². The van der Waals surface area contributed by atoms with Gasteiger partial charge in [-0.25, -0.2) is 4.79 Å². The van der Waals surface area contributed by atoms with Gasteiger partial charge in [-0.1, -0.05) is 13.8 Å². The van der Waals surface area contributed by atoms with Crippen molar-refractivity contribution in [2.75, 3.05) is 32.7 Å². The maximum absolute atomic E-state index is 12.1. The van der Waals surface area contributed by atoms with Crippen LogP contribution in [-0.4, -0.2) is 65.7 Å². The molecule has 6 heteroatoms. The fourth-order valence-electron chi connectivity index (χ4n) is 2.45. The fraction of sp³-hybridized carbons (Fsp3) is 0.857. The van der Waals surface area contributed by atoms with Crippen molar-refractivity contribution in [3.05, 3.63) is 0 Å². The first kappa shape index (κ1) is 16.8.